The molecule has 0 N–H and O–H groups in total. The Balaban J connectivity index is 2.77. The first kappa shape index (κ1) is 12.0. The zero-order chi connectivity index (χ0) is 11.6. The van der Waals surface area contributed by atoms with Gasteiger partial charge in [0.05, 0.1) is 7.11 Å². The number of hydrogen-bond acceptors (Lipinski definition) is 3. The fourth-order valence-corrected chi connectivity index (χ4v) is 1.82. The summed E-state index contributed by atoms with van der Waals surface area (Å²) in [5.74, 6) is -0.277. The SMILES string of the molecule is COC(=O)[C@@H]1CCCN1C(=O)C(C)(C)C. The minimum absolute atomic E-state index is 0.0235. The first-order valence-corrected chi connectivity index (χ1v) is 5.27. The Bertz CT molecular complexity index is 267. The molecule has 1 rings (SSSR count). The van der Waals surface area contributed by atoms with Crippen molar-refractivity contribution in [3.63, 3.8) is 0 Å². The Morgan fingerprint density at radius 3 is 2.40 bits per heavy atom. The maximum atomic E-state index is 12.0. The standard InChI is InChI=1S/C11H19NO3/c1-11(2,3)10(14)12-7-5-6-8(12)9(13)15-4/h8H,5-7H2,1-4H3/t8-/m0/s1. The highest BCUT2D eigenvalue weighted by Crippen LogP contribution is 2.25. The topological polar surface area (TPSA) is 46.6 Å². The van der Waals surface area contributed by atoms with Gasteiger partial charge in [-0.2, -0.15) is 0 Å². The quantitative estimate of drug-likeness (QED) is 0.615. The maximum Gasteiger partial charge on any atom is 0.328 e. The van der Waals surface area contributed by atoms with Gasteiger partial charge in [0.25, 0.3) is 0 Å². The summed E-state index contributed by atoms with van der Waals surface area (Å²) in [5.41, 5.74) is -0.434. The monoisotopic (exact) mass is 213 g/mol. The van der Waals surface area contributed by atoms with Gasteiger partial charge in [0.15, 0.2) is 0 Å². The van der Waals surface area contributed by atoms with E-state index < -0.39 is 5.41 Å². The molecule has 1 fully saturated rings. The third-order valence-corrected chi connectivity index (χ3v) is 2.63. The van der Waals surface area contributed by atoms with Crippen LogP contribution >= 0.6 is 0 Å². The van der Waals surface area contributed by atoms with Gasteiger partial charge in [-0.15, -0.1) is 0 Å². The van der Waals surface area contributed by atoms with E-state index >= 15 is 0 Å². The van der Waals surface area contributed by atoms with Crippen molar-refractivity contribution in [2.24, 2.45) is 5.41 Å². The molecule has 4 heteroatoms. The van der Waals surface area contributed by atoms with Gasteiger partial charge in [0.1, 0.15) is 6.04 Å². The smallest absolute Gasteiger partial charge is 0.328 e. The molecule has 1 atom stereocenters. The summed E-state index contributed by atoms with van der Waals surface area (Å²) >= 11 is 0. The van der Waals surface area contributed by atoms with Crippen LogP contribution in [-0.2, 0) is 14.3 Å². The van der Waals surface area contributed by atoms with E-state index in [9.17, 15) is 9.59 Å². The van der Waals surface area contributed by atoms with Crippen LogP contribution in [0.3, 0.4) is 0 Å². The van der Waals surface area contributed by atoms with Crippen molar-refractivity contribution in [1.29, 1.82) is 0 Å². The van der Waals surface area contributed by atoms with E-state index in [1.54, 1.807) is 4.90 Å². The lowest BCUT2D eigenvalue weighted by Crippen LogP contribution is -2.46. The summed E-state index contributed by atoms with van der Waals surface area (Å²) in [4.78, 5) is 25.1. The molecule has 1 amide bonds. The van der Waals surface area contributed by atoms with Gasteiger partial charge in [0, 0.05) is 12.0 Å². The molecule has 4 nitrogen and oxygen atoms in total. The van der Waals surface area contributed by atoms with Gasteiger partial charge >= 0.3 is 5.97 Å². The van der Waals surface area contributed by atoms with Crippen LogP contribution in [0.15, 0.2) is 0 Å². The molecule has 86 valence electrons. The summed E-state index contributed by atoms with van der Waals surface area (Å²) in [5, 5.41) is 0. The fraction of sp³-hybridized carbons (Fsp3) is 0.818. The largest absolute Gasteiger partial charge is 0.467 e. The predicted molar refractivity (Wildman–Crippen MR) is 56.2 cm³/mol. The van der Waals surface area contributed by atoms with Gasteiger partial charge in [-0.25, -0.2) is 4.79 Å². The second-order valence-corrected chi connectivity index (χ2v) is 4.93. The van der Waals surface area contributed by atoms with E-state index in [1.165, 1.54) is 7.11 Å². The molecule has 1 aliphatic heterocycles. The molecule has 0 aromatic heterocycles. The molecule has 0 unspecified atom stereocenters. The lowest BCUT2D eigenvalue weighted by atomic mass is 9.94. The van der Waals surface area contributed by atoms with Crippen molar-refractivity contribution >= 4 is 11.9 Å². The molecule has 1 aliphatic rings. The lowest BCUT2D eigenvalue weighted by Gasteiger charge is -2.29. The number of nitrogens with zero attached hydrogens (tertiary/aromatic N) is 1. The molecule has 1 saturated heterocycles. The first-order chi connectivity index (χ1) is 6.88. The number of carbonyl (C=O) groups is 2. The molecule has 0 radical (unpaired) electrons. The van der Waals surface area contributed by atoms with Gasteiger partial charge in [0.2, 0.25) is 5.91 Å². The number of rotatable bonds is 1. The van der Waals surface area contributed by atoms with Crippen LogP contribution < -0.4 is 0 Å². The van der Waals surface area contributed by atoms with E-state index in [1.807, 2.05) is 20.8 Å². The molecule has 0 saturated carbocycles. The van der Waals surface area contributed by atoms with Gasteiger partial charge < -0.3 is 9.64 Å². The number of methoxy groups -OCH3 is 1. The molecule has 1 heterocycles. The highest BCUT2D eigenvalue weighted by Gasteiger charge is 2.38. The number of likely N-dealkylation sites (tertiary alicyclic amines) is 1. The molecule has 0 spiro atoms. The van der Waals surface area contributed by atoms with E-state index in [0.29, 0.717) is 13.0 Å². The third-order valence-electron chi connectivity index (χ3n) is 2.63. The van der Waals surface area contributed by atoms with Crippen LogP contribution in [0, 0.1) is 5.41 Å². The predicted octanol–water partition coefficient (Wildman–Crippen LogP) is 1.20. The molecule has 0 aromatic rings. The van der Waals surface area contributed by atoms with E-state index in [2.05, 4.69) is 0 Å². The summed E-state index contributed by atoms with van der Waals surface area (Å²) in [6.07, 6.45) is 1.59. The van der Waals surface area contributed by atoms with Crippen LogP contribution in [0.1, 0.15) is 33.6 Å². The Morgan fingerprint density at radius 1 is 1.33 bits per heavy atom. The molecule has 15 heavy (non-hydrogen) atoms. The van der Waals surface area contributed by atoms with Crippen molar-refractivity contribution in [2.45, 2.75) is 39.7 Å². The van der Waals surface area contributed by atoms with Crippen LogP contribution in [-0.4, -0.2) is 36.5 Å². The molecule has 0 bridgehead atoms. The van der Waals surface area contributed by atoms with E-state index in [4.69, 9.17) is 4.74 Å². The normalized spacial score (nSPS) is 21.6. The summed E-state index contributed by atoms with van der Waals surface area (Å²) in [6.45, 7) is 6.25. The summed E-state index contributed by atoms with van der Waals surface area (Å²) in [6, 6.07) is -0.373. The Labute approximate surface area is 90.6 Å². The van der Waals surface area contributed by atoms with Crippen LogP contribution in [0.2, 0.25) is 0 Å². The number of carbonyl (C=O) groups excluding carboxylic acids is 2. The Kier molecular flexibility index (Phi) is 3.37. The summed E-state index contributed by atoms with van der Waals surface area (Å²) in [7, 11) is 1.36. The molecule has 0 aliphatic carbocycles. The fourth-order valence-electron chi connectivity index (χ4n) is 1.82. The molecule has 0 aromatic carbocycles. The van der Waals surface area contributed by atoms with Crippen molar-refractivity contribution in [1.82, 2.24) is 4.90 Å². The second kappa shape index (κ2) is 4.21. The van der Waals surface area contributed by atoms with Gasteiger partial charge in [-0.05, 0) is 12.8 Å². The number of esters is 1. The van der Waals surface area contributed by atoms with Gasteiger partial charge in [-0.3, -0.25) is 4.79 Å². The second-order valence-electron chi connectivity index (χ2n) is 4.93. The molecular formula is C11H19NO3. The van der Waals surface area contributed by atoms with E-state index in [0.717, 1.165) is 6.42 Å². The Morgan fingerprint density at radius 2 is 1.93 bits per heavy atom. The zero-order valence-electron chi connectivity index (χ0n) is 9.87. The van der Waals surface area contributed by atoms with Crippen molar-refractivity contribution < 1.29 is 14.3 Å². The number of hydrogen-bond donors (Lipinski definition) is 0. The average Bonchev–Trinajstić information content (AvgIpc) is 2.62. The Hall–Kier alpha value is -1.06. The first-order valence-electron chi connectivity index (χ1n) is 5.27. The lowest BCUT2D eigenvalue weighted by molar-refractivity contribution is -0.153. The minimum Gasteiger partial charge on any atom is -0.467 e. The van der Waals surface area contributed by atoms with E-state index in [-0.39, 0.29) is 17.9 Å². The van der Waals surface area contributed by atoms with Crippen LogP contribution in [0.25, 0.3) is 0 Å². The van der Waals surface area contributed by atoms with Gasteiger partial charge in [-0.1, -0.05) is 20.8 Å². The van der Waals surface area contributed by atoms with Crippen molar-refractivity contribution in [3.8, 4) is 0 Å². The van der Waals surface area contributed by atoms with Crippen LogP contribution in [0.4, 0.5) is 0 Å². The maximum absolute atomic E-state index is 12.0. The van der Waals surface area contributed by atoms with Crippen LogP contribution in [0.5, 0.6) is 0 Å². The van der Waals surface area contributed by atoms with Crippen molar-refractivity contribution in [2.75, 3.05) is 13.7 Å². The highest BCUT2D eigenvalue weighted by molar-refractivity contribution is 5.87. The van der Waals surface area contributed by atoms with Crippen molar-refractivity contribution in [3.05, 3.63) is 0 Å². The molecular weight excluding hydrogens is 194 g/mol. The average molecular weight is 213 g/mol. The summed E-state index contributed by atoms with van der Waals surface area (Å²) < 4.78 is 4.69. The zero-order valence-corrected chi connectivity index (χ0v) is 9.87. The highest BCUT2D eigenvalue weighted by atomic mass is 16.5. The third kappa shape index (κ3) is 2.49. The number of ether oxygens (including phenoxy) is 1. The number of amides is 1. The minimum atomic E-state index is -0.434.